The molecule has 2 rings (SSSR count). The Morgan fingerprint density at radius 2 is 2.29 bits per heavy atom. The van der Waals surface area contributed by atoms with E-state index < -0.39 is 4.92 Å². The number of hydrogen-bond acceptors (Lipinski definition) is 4. The van der Waals surface area contributed by atoms with Crippen LogP contribution < -0.4 is 5.73 Å². The van der Waals surface area contributed by atoms with Crippen LogP contribution in [0, 0.1) is 10.1 Å². The van der Waals surface area contributed by atoms with Crippen LogP contribution in [0.15, 0.2) is 17.1 Å². The first-order valence-corrected chi connectivity index (χ1v) is 4.26. The standard InChI is InChI=1S/C8H6ClN3O2/c9-5-1-2-6-4(3-7(10)11-6)8(5)12(13)14/h1-2H,3H2,(H2,10,11). The van der Waals surface area contributed by atoms with Gasteiger partial charge in [-0.25, -0.2) is 4.99 Å². The third-order valence-corrected chi connectivity index (χ3v) is 2.32. The highest BCUT2D eigenvalue weighted by Crippen LogP contribution is 2.38. The third-order valence-electron chi connectivity index (χ3n) is 2.01. The molecule has 5 nitrogen and oxygen atoms in total. The summed E-state index contributed by atoms with van der Waals surface area (Å²) in [5, 5.41) is 10.8. The largest absolute Gasteiger partial charge is 0.387 e. The SMILES string of the molecule is NC1=Nc2ccc(Cl)c([N+](=O)[O-])c2C1. The lowest BCUT2D eigenvalue weighted by molar-refractivity contribution is -0.385. The smallest absolute Gasteiger partial charge is 0.293 e. The summed E-state index contributed by atoms with van der Waals surface area (Å²) in [5.41, 5.74) is 6.44. The number of aliphatic imine (C=N–C) groups is 1. The van der Waals surface area contributed by atoms with Crippen LogP contribution in [0.4, 0.5) is 11.4 Å². The van der Waals surface area contributed by atoms with E-state index in [0.717, 1.165) is 0 Å². The average Bonchev–Trinajstić information content (AvgIpc) is 2.43. The Labute approximate surface area is 84.3 Å². The molecule has 0 bridgehead atoms. The molecule has 0 aliphatic carbocycles. The number of nitro benzene ring substituents is 1. The van der Waals surface area contributed by atoms with Crippen molar-refractivity contribution in [3.8, 4) is 0 Å². The Kier molecular flexibility index (Phi) is 1.89. The van der Waals surface area contributed by atoms with Crippen LogP contribution in [0.25, 0.3) is 0 Å². The number of nitro groups is 1. The zero-order valence-corrected chi connectivity index (χ0v) is 7.78. The molecule has 0 aromatic heterocycles. The maximum absolute atomic E-state index is 10.7. The van der Waals surface area contributed by atoms with Crippen LogP contribution in [0.3, 0.4) is 0 Å². The lowest BCUT2D eigenvalue weighted by Gasteiger charge is -2.00. The summed E-state index contributed by atoms with van der Waals surface area (Å²) in [6.07, 6.45) is 0.298. The maximum atomic E-state index is 10.7. The van der Waals surface area contributed by atoms with Gasteiger partial charge in [0.2, 0.25) is 0 Å². The first kappa shape index (κ1) is 8.96. The molecule has 1 aromatic rings. The molecule has 0 spiro atoms. The predicted octanol–water partition coefficient (Wildman–Crippen LogP) is 1.79. The minimum Gasteiger partial charge on any atom is -0.387 e. The summed E-state index contributed by atoms with van der Waals surface area (Å²) in [6.45, 7) is 0. The molecule has 0 fully saturated rings. The molecule has 2 N–H and O–H groups in total. The quantitative estimate of drug-likeness (QED) is 0.568. The first-order chi connectivity index (χ1) is 6.59. The fourth-order valence-electron chi connectivity index (χ4n) is 1.45. The Morgan fingerprint density at radius 1 is 1.57 bits per heavy atom. The summed E-state index contributed by atoms with van der Waals surface area (Å²) in [5.74, 6) is 0.380. The normalized spacial score (nSPS) is 13.6. The summed E-state index contributed by atoms with van der Waals surface area (Å²) < 4.78 is 0. The van der Waals surface area contributed by atoms with Crippen molar-refractivity contribution in [2.24, 2.45) is 10.7 Å². The van der Waals surface area contributed by atoms with Gasteiger partial charge in [0.25, 0.3) is 5.69 Å². The van der Waals surface area contributed by atoms with Crippen molar-refractivity contribution >= 4 is 28.8 Å². The van der Waals surface area contributed by atoms with Gasteiger partial charge in [-0.2, -0.15) is 0 Å². The Hall–Kier alpha value is -1.62. The van der Waals surface area contributed by atoms with Crippen molar-refractivity contribution in [3.63, 3.8) is 0 Å². The van der Waals surface area contributed by atoms with Gasteiger partial charge < -0.3 is 5.73 Å². The van der Waals surface area contributed by atoms with Gasteiger partial charge in [-0.05, 0) is 12.1 Å². The fourth-order valence-corrected chi connectivity index (χ4v) is 1.69. The minimum atomic E-state index is -0.505. The highest BCUT2D eigenvalue weighted by molar-refractivity contribution is 6.33. The van der Waals surface area contributed by atoms with Crippen molar-refractivity contribution in [3.05, 3.63) is 32.8 Å². The maximum Gasteiger partial charge on any atom is 0.293 e. The molecule has 1 aliphatic heterocycles. The van der Waals surface area contributed by atoms with Gasteiger partial charge in [0.15, 0.2) is 0 Å². The second-order valence-corrected chi connectivity index (χ2v) is 3.34. The predicted molar refractivity (Wildman–Crippen MR) is 53.1 cm³/mol. The second kappa shape index (κ2) is 2.95. The molecule has 72 valence electrons. The number of halogens is 1. The number of rotatable bonds is 1. The van der Waals surface area contributed by atoms with Gasteiger partial charge in [0.1, 0.15) is 10.9 Å². The monoisotopic (exact) mass is 211 g/mol. The molecule has 0 saturated carbocycles. The molecular formula is C8H6ClN3O2. The van der Waals surface area contributed by atoms with Gasteiger partial charge in [-0.1, -0.05) is 11.6 Å². The minimum absolute atomic E-state index is 0.0895. The van der Waals surface area contributed by atoms with Crippen molar-refractivity contribution in [1.29, 1.82) is 0 Å². The number of benzene rings is 1. The highest BCUT2D eigenvalue weighted by atomic mass is 35.5. The molecular weight excluding hydrogens is 206 g/mol. The van der Waals surface area contributed by atoms with Crippen LogP contribution >= 0.6 is 11.6 Å². The van der Waals surface area contributed by atoms with Gasteiger partial charge in [-0.15, -0.1) is 0 Å². The number of hydrogen-bond donors (Lipinski definition) is 1. The van der Waals surface area contributed by atoms with E-state index in [4.69, 9.17) is 17.3 Å². The van der Waals surface area contributed by atoms with Gasteiger partial charge >= 0.3 is 0 Å². The summed E-state index contributed by atoms with van der Waals surface area (Å²) in [4.78, 5) is 14.2. The van der Waals surface area contributed by atoms with Crippen LogP contribution in [-0.4, -0.2) is 10.8 Å². The van der Waals surface area contributed by atoms with Gasteiger partial charge in [0.05, 0.1) is 16.2 Å². The van der Waals surface area contributed by atoms with E-state index in [9.17, 15) is 10.1 Å². The molecule has 0 amide bonds. The molecule has 6 heteroatoms. The molecule has 0 radical (unpaired) electrons. The number of nitrogens with zero attached hydrogens (tertiary/aromatic N) is 2. The van der Waals surface area contributed by atoms with Crippen LogP contribution in [-0.2, 0) is 6.42 Å². The van der Waals surface area contributed by atoms with Crippen molar-refractivity contribution in [1.82, 2.24) is 0 Å². The lowest BCUT2D eigenvalue weighted by Crippen LogP contribution is -2.10. The van der Waals surface area contributed by atoms with Gasteiger partial charge in [-0.3, -0.25) is 10.1 Å². The van der Waals surface area contributed by atoms with E-state index in [1.807, 2.05) is 0 Å². The number of nitrogens with two attached hydrogens (primary N) is 1. The lowest BCUT2D eigenvalue weighted by atomic mass is 10.1. The topological polar surface area (TPSA) is 81.5 Å². The molecule has 1 aliphatic rings. The summed E-state index contributed by atoms with van der Waals surface area (Å²) >= 11 is 5.72. The van der Waals surface area contributed by atoms with Crippen LogP contribution in [0.2, 0.25) is 5.02 Å². The van der Waals surface area contributed by atoms with Crippen LogP contribution in [0.5, 0.6) is 0 Å². The van der Waals surface area contributed by atoms with E-state index in [-0.39, 0.29) is 10.7 Å². The Morgan fingerprint density at radius 3 is 2.93 bits per heavy atom. The fraction of sp³-hybridized carbons (Fsp3) is 0.125. The van der Waals surface area contributed by atoms with Crippen molar-refractivity contribution in [2.75, 3.05) is 0 Å². The number of amidine groups is 1. The molecule has 0 unspecified atom stereocenters. The molecule has 1 heterocycles. The molecule has 0 atom stereocenters. The van der Waals surface area contributed by atoms with Crippen molar-refractivity contribution in [2.45, 2.75) is 6.42 Å². The van der Waals surface area contributed by atoms with Crippen LogP contribution in [0.1, 0.15) is 5.56 Å². The zero-order valence-electron chi connectivity index (χ0n) is 7.03. The Balaban J connectivity index is 2.65. The van der Waals surface area contributed by atoms with Gasteiger partial charge in [0, 0.05) is 6.42 Å². The van der Waals surface area contributed by atoms with E-state index in [2.05, 4.69) is 4.99 Å². The highest BCUT2D eigenvalue weighted by Gasteiger charge is 2.26. The molecule has 1 aromatic carbocycles. The summed E-state index contributed by atoms with van der Waals surface area (Å²) in [7, 11) is 0. The average molecular weight is 212 g/mol. The number of fused-ring (bicyclic) bond motifs is 1. The third kappa shape index (κ3) is 1.22. The second-order valence-electron chi connectivity index (χ2n) is 2.93. The van der Waals surface area contributed by atoms with Crippen molar-refractivity contribution < 1.29 is 4.92 Å². The molecule has 14 heavy (non-hydrogen) atoms. The zero-order chi connectivity index (χ0) is 10.3. The molecule has 0 saturated heterocycles. The van der Waals surface area contributed by atoms with E-state index >= 15 is 0 Å². The summed E-state index contributed by atoms with van der Waals surface area (Å²) in [6, 6.07) is 3.09. The van der Waals surface area contributed by atoms with E-state index in [0.29, 0.717) is 23.5 Å². The first-order valence-electron chi connectivity index (χ1n) is 3.88. The van der Waals surface area contributed by atoms with E-state index in [1.165, 1.54) is 6.07 Å². The Bertz CT molecular complexity index is 456. The van der Waals surface area contributed by atoms with E-state index in [1.54, 1.807) is 6.07 Å².